The molecule has 1 aromatic carbocycles. The first-order valence-corrected chi connectivity index (χ1v) is 8.89. The Balaban J connectivity index is 1.99. The van der Waals surface area contributed by atoms with Crippen LogP contribution in [0.2, 0.25) is 0 Å². The Morgan fingerprint density at radius 2 is 2.00 bits per heavy atom. The first kappa shape index (κ1) is 19.1. The standard InChI is InChI=1S/C18H21NO5S/c1-12(2)23-10-8-19-17(20)14-5-3-4-6-16(14)25-11-15-13(18(21)22)7-9-24-15/h3-7,9,12H,8,10-11H2,1-2H3,(H,19,20)(H,21,22). The second-order valence-electron chi connectivity index (χ2n) is 5.52. The summed E-state index contributed by atoms with van der Waals surface area (Å²) in [6.45, 7) is 4.76. The van der Waals surface area contributed by atoms with E-state index in [1.165, 1.54) is 24.1 Å². The predicted molar refractivity (Wildman–Crippen MR) is 95.1 cm³/mol. The summed E-state index contributed by atoms with van der Waals surface area (Å²) in [5.74, 6) is -0.512. The van der Waals surface area contributed by atoms with Crippen molar-refractivity contribution < 1.29 is 23.8 Å². The molecule has 0 aliphatic heterocycles. The number of carboxylic acid groups (broad SMARTS) is 1. The molecule has 1 amide bonds. The molecule has 0 radical (unpaired) electrons. The molecule has 25 heavy (non-hydrogen) atoms. The van der Waals surface area contributed by atoms with E-state index in [-0.39, 0.29) is 17.6 Å². The number of aromatic carboxylic acids is 1. The van der Waals surface area contributed by atoms with E-state index in [1.807, 2.05) is 26.0 Å². The van der Waals surface area contributed by atoms with Crippen molar-refractivity contribution in [3.8, 4) is 0 Å². The van der Waals surface area contributed by atoms with Crippen molar-refractivity contribution in [3.63, 3.8) is 0 Å². The van der Waals surface area contributed by atoms with E-state index in [4.69, 9.17) is 14.3 Å². The SMILES string of the molecule is CC(C)OCCNC(=O)c1ccccc1SCc1occc1C(=O)O. The molecule has 6 nitrogen and oxygen atoms in total. The van der Waals surface area contributed by atoms with E-state index in [0.29, 0.717) is 30.2 Å². The molecular formula is C18H21NO5S. The highest BCUT2D eigenvalue weighted by Gasteiger charge is 2.16. The molecule has 0 spiro atoms. The van der Waals surface area contributed by atoms with Crippen LogP contribution in [0.3, 0.4) is 0 Å². The lowest BCUT2D eigenvalue weighted by Crippen LogP contribution is -2.28. The topological polar surface area (TPSA) is 88.8 Å². The number of benzene rings is 1. The number of rotatable bonds is 9. The Morgan fingerprint density at radius 1 is 1.24 bits per heavy atom. The number of carbonyl (C=O) groups is 2. The van der Waals surface area contributed by atoms with Gasteiger partial charge in [-0.1, -0.05) is 12.1 Å². The van der Waals surface area contributed by atoms with Crippen LogP contribution in [0.25, 0.3) is 0 Å². The Hall–Kier alpha value is -2.25. The molecule has 0 atom stereocenters. The van der Waals surface area contributed by atoms with Crippen LogP contribution in [0.15, 0.2) is 45.9 Å². The maximum atomic E-state index is 12.3. The van der Waals surface area contributed by atoms with E-state index in [1.54, 1.807) is 12.1 Å². The highest BCUT2D eigenvalue weighted by atomic mass is 32.2. The van der Waals surface area contributed by atoms with E-state index >= 15 is 0 Å². The third-order valence-corrected chi connectivity index (χ3v) is 4.38. The normalized spacial score (nSPS) is 10.8. The average Bonchev–Trinajstić information content (AvgIpc) is 3.05. The second kappa shape index (κ2) is 9.29. The quantitative estimate of drug-likeness (QED) is 0.524. The van der Waals surface area contributed by atoms with Gasteiger partial charge >= 0.3 is 5.97 Å². The van der Waals surface area contributed by atoms with Gasteiger partial charge in [0.2, 0.25) is 0 Å². The average molecular weight is 363 g/mol. The molecule has 0 saturated carbocycles. The molecule has 134 valence electrons. The van der Waals surface area contributed by atoms with Crippen LogP contribution < -0.4 is 5.32 Å². The van der Waals surface area contributed by atoms with Crippen LogP contribution in [0.5, 0.6) is 0 Å². The molecule has 7 heteroatoms. The molecule has 1 heterocycles. The lowest BCUT2D eigenvalue weighted by atomic mass is 10.2. The lowest BCUT2D eigenvalue weighted by Gasteiger charge is -2.11. The van der Waals surface area contributed by atoms with Crippen LogP contribution in [-0.2, 0) is 10.5 Å². The van der Waals surface area contributed by atoms with Gasteiger partial charge in [0, 0.05) is 11.4 Å². The molecular weight excluding hydrogens is 342 g/mol. The number of carboxylic acids is 1. The number of thioether (sulfide) groups is 1. The van der Waals surface area contributed by atoms with Crippen LogP contribution in [-0.4, -0.2) is 36.2 Å². The van der Waals surface area contributed by atoms with E-state index in [2.05, 4.69) is 5.32 Å². The van der Waals surface area contributed by atoms with Gasteiger partial charge in [0.25, 0.3) is 5.91 Å². The number of carbonyl (C=O) groups excluding carboxylic acids is 1. The second-order valence-corrected chi connectivity index (χ2v) is 6.54. The zero-order valence-electron chi connectivity index (χ0n) is 14.2. The van der Waals surface area contributed by atoms with Gasteiger partial charge in [-0.05, 0) is 32.0 Å². The van der Waals surface area contributed by atoms with Gasteiger partial charge in [-0.15, -0.1) is 11.8 Å². The summed E-state index contributed by atoms with van der Waals surface area (Å²) in [5.41, 5.74) is 0.681. The number of furan rings is 1. The van der Waals surface area contributed by atoms with Crippen molar-refractivity contribution >= 4 is 23.6 Å². The van der Waals surface area contributed by atoms with Crippen LogP contribution in [0, 0.1) is 0 Å². The maximum Gasteiger partial charge on any atom is 0.339 e. The smallest absolute Gasteiger partial charge is 0.339 e. The van der Waals surface area contributed by atoms with Gasteiger partial charge in [-0.3, -0.25) is 4.79 Å². The molecule has 0 saturated heterocycles. The molecule has 0 unspecified atom stereocenters. The summed E-state index contributed by atoms with van der Waals surface area (Å²) in [6, 6.07) is 8.61. The number of nitrogens with one attached hydrogen (secondary N) is 1. The fraction of sp³-hybridized carbons (Fsp3) is 0.333. The highest BCUT2D eigenvalue weighted by Crippen LogP contribution is 2.28. The molecule has 2 N–H and O–H groups in total. The first-order chi connectivity index (χ1) is 12.0. The maximum absolute atomic E-state index is 12.3. The highest BCUT2D eigenvalue weighted by molar-refractivity contribution is 7.98. The zero-order chi connectivity index (χ0) is 18.2. The van der Waals surface area contributed by atoms with Crippen LogP contribution in [0.1, 0.15) is 40.3 Å². The minimum atomic E-state index is -1.03. The molecule has 0 bridgehead atoms. The van der Waals surface area contributed by atoms with Crippen molar-refractivity contribution in [1.82, 2.24) is 5.32 Å². The summed E-state index contributed by atoms with van der Waals surface area (Å²) < 4.78 is 10.6. The molecule has 1 aromatic heterocycles. The Labute approximate surface area is 150 Å². The molecule has 0 aliphatic rings. The summed E-state index contributed by atoms with van der Waals surface area (Å²) in [5, 5.41) is 11.9. The molecule has 2 rings (SSSR count). The Kier molecular flexibility index (Phi) is 7.09. The van der Waals surface area contributed by atoms with Crippen LogP contribution >= 0.6 is 11.8 Å². The Bertz CT molecular complexity index is 726. The summed E-state index contributed by atoms with van der Waals surface area (Å²) >= 11 is 1.36. The van der Waals surface area contributed by atoms with Gasteiger partial charge in [-0.2, -0.15) is 0 Å². The van der Waals surface area contributed by atoms with E-state index < -0.39 is 5.97 Å². The minimum absolute atomic E-state index is 0.122. The summed E-state index contributed by atoms with van der Waals surface area (Å²) in [4.78, 5) is 24.2. The van der Waals surface area contributed by atoms with E-state index in [0.717, 1.165) is 4.90 Å². The van der Waals surface area contributed by atoms with Gasteiger partial charge in [0.05, 0.1) is 30.3 Å². The number of amides is 1. The van der Waals surface area contributed by atoms with Crippen LogP contribution in [0.4, 0.5) is 0 Å². The van der Waals surface area contributed by atoms with Gasteiger partial charge in [0.15, 0.2) is 0 Å². The number of ether oxygens (including phenoxy) is 1. The fourth-order valence-electron chi connectivity index (χ4n) is 2.12. The van der Waals surface area contributed by atoms with Crippen molar-refractivity contribution in [1.29, 1.82) is 0 Å². The van der Waals surface area contributed by atoms with Gasteiger partial charge in [-0.25, -0.2) is 4.79 Å². The number of hydrogen-bond acceptors (Lipinski definition) is 5. The molecule has 0 aliphatic carbocycles. The summed E-state index contributed by atoms with van der Waals surface area (Å²) in [6.07, 6.45) is 1.48. The molecule has 2 aromatic rings. The molecule has 0 fully saturated rings. The first-order valence-electron chi connectivity index (χ1n) is 7.90. The largest absolute Gasteiger partial charge is 0.478 e. The van der Waals surface area contributed by atoms with Crippen molar-refractivity contribution in [2.45, 2.75) is 30.6 Å². The zero-order valence-corrected chi connectivity index (χ0v) is 15.0. The van der Waals surface area contributed by atoms with E-state index in [9.17, 15) is 9.59 Å². The van der Waals surface area contributed by atoms with Crippen molar-refractivity contribution in [2.75, 3.05) is 13.2 Å². The minimum Gasteiger partial charge on any atom is -0.478 e. The fourth-order valence-corrected chi connectivity index (χ4v) is 3.12. The summed E-state index contributed by atoms with van der Waals surface area (Å²) in [7, 11) is 0. The number of hydrogen-bond donors (Lipinski definition) is 2. The predicted octanol–water partition coefficient (Wildman–Crippen LogP) is 3.42. The van der Waals surface area contributed by atoms with Gasteiger partial charge < -0.3 is 19.6 Å². The van der Waals surface area contributed by atoms with Crippen molar-refractivity contribution in [3.05, 3.63) is 53.5 Å². The third-order valence-electron chi connectivity index (χ3n) is 3.31. The lowest BCUT2D eigenvalue weighted by molar-refractivity contribution is 0.0694. The monoisotopic (exact) mass is 363 g/mol. The third kappa shape index (κ3) is 5.65. The van der Waals surface area contributed by atoms with Crippen molar-refractivity contribution in [2.24, 2.45) is 0 Å². The van der Waals surface area contributed by atoms with Gasteiger partial charge in [0.1, 0.15) is 11.3 Å². The Morgan fingerprint density at radius 3 is 2.72 bits per heavy atom.